The van der Waals surface area contributed by atoms with E-state index in [4.69, 9.17) is 9.78 Å². The van der Waals surface area contributed by atoms with E-state index in [-0.39, 0.29) is 5.75 Å². The molecular formula is C14H18O4S. The number of hydrogen-bond acceptors (Lipinski definition) is 4. The van der Waals surface area contributed by atoms with Gasteiger partial charge in [0.1, 0.15) is 5.60 Å². The van der Waals surface area contributed by atoms with Gasteiger partial charge in [-0.3, -0.25) is 0 Å². The summed E-state index contributed by atoms with van der Waals surface area (Å²) in [6, 6.07) is 8.57. The molecule has 0 N–H and O–H groups in total. The molecule has 104 valence electrons. The van der Waals surface area contributed by atoms with Crippen molar-refractivity contribution >= 4 is 9.84 Å². The minimum Gasteiger partial charge on any atom is -0.236 e. The largest absolute Gasteiger partial charge is 0.236 e. The van der Waals surface area contributed by atoms with Crippen LogP contribution in [-0.4, -0.2) is 26.4 Å². The van der Waals surface area contributed by atoms with E-state index in [1.807, 2.05) is 6.07 Å². The standard InChI is InChI=1S/C14H18O4S/c15-19(16,13-6-2-1-3-7-13)11-14-8-4-5-12(9-14)10-17-18-14/h1-3,6-7,12H,4-5,8-11H2. The SMILES string of the molecule is O=S(=O)(CC12CCCC(COO1)C2)c1ccccc1. The topological polar surface area (TPSA) is 52.6 Å². The van der Waals surface area contributed by atoms with Crippen molar-refractivity contribution in [3.8, 4) is 0 Å². The van der Waals surface area contributed by atoms with Crippen molar-refractivity contribution in [2.24, 2.45) is 5.92 Å². The highest BCUT2D eigenvalue weighted by Gasteiger charge is 2.45. The van der Waals surface area contributed by atoms with Crippen LogP contribution >= 0.6 is 0 Å². The lowest BCUT2D eigenvalue weighted by atomic mass is 9.79. The first-order valence-corrected chi connectivity index (χ1v) is 8.33. The zero-order chi connectivity index (χ0) is 13.3. The van der Waals surface area contributed by atoms with Crippen molar-refractivity contribution in [2.75, 3.05) is 12.4 Å². The highest BCUT2D eigenvalue weighted by Crippen LogP contribution is 2.40. The summed E-state index contributed by atoms with van der Waals surface area (Å²) in [7, 11) is -3.32. The van der Waals surface area contributed by atoms with Crippen LogP contribution in [0.5, 0.6) is 0 Å². The molecule has 1 heterocycles. The molecule has 2 fully saturated rings. The van der Waals surface area contributed by atoms with E-state index in [1.54, 1.807) is 24.3 Å². The Balaban J connectivity index is 1.84. The lowest BCUT2D eigenvalue weighted by Crippen LogP contribution is -2.48. The molecule has 19 heavy (non-hydrogen) atoms. The van der Waals surface area contributed by atoms with Gasteiger partial charge < -0.3 is 0 Å². The van der Waals surface area contributed by atoms with Crippen LogP contribution in [0.3, 0.4) is 0 Å². The molecule has 4 nitrogen and oxygen atoms in total. The van der Waals surface area contributed by atoms with Gasteiger partial charge in [0.15, 0.2) is 9.84 Å². The predicted octanol–water partition coefficient (Wildman–Crippen LogP) is 2.35. The van der Waals surface area contributed by atoms with Gasteiger partial charge in [-0.2, -0.15) is 0 Å². The smallest absolute Gasteiger partial charge is 0.181 e. The summed E-state index contributed by atoms with van der Waals surface area (Å²) >= 11 is 0. The number of fused-ring (bicyclic) bond motifs is 2. The van der Waals surface area contributed by atoms with E-state index in [9.17, 15) is 8.42 Å². The first-order chi connectivity index (χ1) is 9.10. The quantitative estimate of drug-likeness (QED) is 0.799. The molecule has 0 aromatic heterocycles. The van der Waals surface area contributed by atoms with E-state index in [0.29, 0.717) is 17.4 Å². The van der Waals surface area contributed by atoms with Gasteiger partial charge in [-0.15, -0.1) is 0 Å². The maximum absolute atomic E-state index is 12.5. The first-order valence-electron chi connectivity index (χ1n) is 6.68. The highest BCUT2D eigenvalue weighted by molar-refractivity contribution is 7.91. The Bertz CT molecular complexity index is 528. The molecule has 0 spiro atoms. The zero-order valence-electron chi connectivity index (χ0n) is 10.7. The first kappa shape index (κ1) is 13.1. The second-order valence-corrected chi connectivity index (χ2v) is 7.57. The number of hydrogen-bond donors (Lipinski definition) is 0. The van der Waals surface area contributed by atoms with E-state index in [1.165, 1.54) is 0 Å². The summed E-state index contributed by atoms with van der Waals surface area (Å²) in [6.07, 6.45) is 3.67. The average Bonchev–Trinajstić information content (AvgIpc) is 2.39. The predicted molar refractivity (Wildman–Crippen MR) is 70.2 cm³/mol. The normalized spacial score (nSPS) is 31.1. The van der Waals surface area contributed by atoms with Gasteiger partial charge in [0.25, 0.3) is 0 Å². The van der Waals surface area contributed by atoms with Crippen LogP contribution in [0, 0.1) is 5.92 Å². The highest BCUT2D eigenvalue weighted by atomic mass is 32.2. The zero-order valence-corrected chi connectivity index (χ0v) is 11.6. The van der Waals surface area contributed by atoms with Crippen molar-refractivity contribution in [3.05, 3.63) is 30.3 Å². The van der Waals surface area contributed by atoms with Crippen LogP contribution < -0.4 is 0 Å². The summed E-state index contributed by atoms with van der Waals surface area (Å²) in [4.78, 5) is 10.9. The average molecular weight is 282 g/mol. The number of rotatable bonds is 3. The second-order valence-electron chi connectivity index (χ2n) is 5.59. The van der Waals surface area contributed by atoms with Crippen LogP contribution in [0.4, 0.5) is 0 Å². The molecule has 1 saturated carbocycles. The van der Waals surface area contributed by atoms with Crippen molar-refractivity contribution in [1.82, 2.24) is 0 Å². The van der Waals surface area contributed by atoms with Gasteiger partial charge in [0.2, 0.25) is 0 Å². The Labute approximate surface area is 113 Å². The Morgan fingerprint density at radius 1 is 1.26 bits per heavy atom. The molecule has 3 rings (SSSR count). The Morgan fingerprint density at radius 3 is 2.84 bits per heavy atom. The lowest BCUT2D eigenvalue weighted by Gasteiger charge is -2.42. The molecule has 1 aromatic carbocycles. The monoisotopic (exact) mass is 282 g/mol. The van der Waals surface area contributed by atoms with E-state index >= 15 is 0 Å². The molecule has 1 aliphatic carbocycles. The molecule has 0 radical (unpaired) electrons. The van der Waals surface area contributed by atoms with Gasteiger partial charge in [-0.05, 0) is 37.3 Å². The third-order valence-electron chi connectivity index (χ3n) is 4.00. The summed E-state index contributed by atoms with van der Waals surface area (Å²) < 4.78 is 24.9. The summed E-state index contributed by atoms with van der Waals surface area (Å²) in [6.45, 7) is 0.590. The van der Waals surface area contributed by atoms with Crippen molar-refractivity contribution in [3.63, 3.8) is 0 Å². The van der Waals surface area contributed by atoms with Crippen LogP contribution in [-0.2, 0) is 19.6 Å². The lowest BCUT2D eigenvalue weighted by molar-refractivity contribution is -0.396. The van der Waals surface area contributed by atoms with Gasteiger partial charge >= 0.3 is 0 Å². The van der Waals surface area contributed by atoms with Gasteiger partial charge in [0, 0.05) is 0 Å². The van der Waals surface area contributed by atoms with Gasteiger partial charge in [-0.25, -0.2) is 18.2 Å². The fourth-order valence-corrected chi connectivity index (χ4v) is 4.87. The van der Waals surface area contributed by atoms with Crippen LogP contribution in [0.1, 0.15) is 25.7 Å². The molecule has 1 aliphatic heterocycles. The third kappa shape index (κ3) is 2.68. The molecule has 1 aromatic rings. The minimum absolute atomic E-state index is 0.0144. The molecule has 2 bridgehead atoms. The fraction of sp³-hybridized carbons (Fsp3) is 0.571. The molecule has 1 saturated heterocycles. The van der Waals surface area contributed by atoms with Crippen molar-refractivity contribution < 1.29 is 18.2 Å². The Kier molecular flexibility index (Phi) is 3.37. The van der Waals surface area contributed by atoms with Crippen LogP contribution in [0.15, 0.2) is 35.2 Å². The van der Waals surface area contributed by atoms with E-state index in [2.05, 4.69) is 0 Å². The number of benzene rings is 1. The Morgan fingerprint density at radius 2 is 2.05 bits per heavy atom. The summed E-state index contributed by atoms with van der Waals surface area (Å²) in [5, 5.41) is 0. The van der Waals surface area contributed by atoms with E-state index < -0.39 is 15.4 Å². The molecule has 2 unspecified atom stereocenters. The number of sulfone groups is 1. The van der Waals surface area contributed by atoms with Crippen molar-refractivity contribution in [1.29, 1.82) is 0 Å². The molecule has 5 heteroatoms. The maximum Gasteiger partial charge on any atom is 0.181 e. The van der Waals surface area contributed by atoms with E-state index in [0.717, 1.165) is 25.7 Å². The Hall–Kier alpha value is -0.910. The van der Waals surface area contributed by atoms with Gasteiger partial charge in [0.05, 0.1) is 17.3 Å². The molecular weight excluding hydrogens is 264 g/mol. The summed E-state index contributed by atoms with van der Waals surface area (Å²) in [5.74, 6) is 0.453. The summed E-state index contributed by atoms with van der Waals surface area (Å²) in [5.41, 5.74) is -0.643. The third-order valence-corrected chi connectivity index (χ3v) is 5.90. The minimum atomic E-state index is -3.32. The van der Waals surface area contributed by atoms with Gasteiger partial charge in [-0.1, -0.05) is 24.6 Å². The molecule has 0 amide bonds. The second kappa shape index (κ2) is 4.89. The van der Waals surface area contributed by atoms with Crippen LogP contribution in [0.2, 0.25) is 0 Å². The van der Waals surface area contributed by atoms with Crippen LogP contribution in [0.25, 0.3) is 0 Å². The molecule has 2 aliphatic rings. The van der Waals surface area contributed by atoms with Crippen molar-refractivity contribution in [2.45, 2.75) is 36.2 Å². The maximum atomic E-state index is 12.5. The fourth-order valence-electron chi connectivity index (χ4n) is 3.13. The molecule has 2 atom stereocenters.